The highest BCUT2D eigenvalue weighted by Gasteiger charge is 2.06. The monoisotopic (exact) mass is 328 g/mol. The predicted molar refractivity (Wildman–Crippen MR) is 91.8 cm³/mol. The number of aromatic hydroxyl groups is 1. The number of phenolic OH excluding ortho intramolecular Hbond substituents is 1. The average Bonchev–Trinajstić information content (AvgIpc) is 2.57. The summed E-state index contributed by atoms with van der Waals surface area (Å²) in [7, 11) is 1.46. The summed E-state index contributed by atoms with van der Waals surface area (Å²) < 4.78 is 10.4. The summed E-state index contributed by atoms with van der Waals surface area (Å²) >= 11 is 0. The van der Waals surface area contributed by atoms with Gasteiger partial charge in [-0.15, -0.1) is 0 Å². The van der Waals surface area contributed by atoms with Gasteiger partial charge in [0.05, 0.1) is 13.3 Å². The summed E-state index contributed by atoms with van der Waals surface area (Å²) in [6, 6.07) is 10.6. The zero-order valence-corrected chi connectivity index (χ0v) is 13.9. The number of aryl methyl sites for hydroxylation is 2. The Hall–Kier alpha value is -3.02. The van der Waals surface area contributed by atoms with Gasteiger partial charge in [-0.1, -0.05) is 12.1 Å². The second-order valence-corrected chi connectivity index (χ2v) is 5.23. The summed E-state index contributed by atoms with van der Waals surface area (Å²) in [5, 5.41) is 13.7. The van der Waals surface area contributed by atoms with Crippen LogP contribution in [0.1, 0.15) is 16.7 Å². The van der Waals surface area contributed by atoms with Crippen molar-refractivity contribution in [3.05, 3.63) is 53.1 Å². The number of methoxy groups -OCH3 is 1. The highest BCUT2D eigenvalue weighted by atomic mass is 16.5. The third kappa shape index (κ3) is 4.49. The molecule has 0 saturated heterocycles. The fourth-order valence-corrected chi connectivity index (χ4v) is 1.97. The van der Waals surface area contributed by atoms with Crippen molar-refractivity contribution in [3.63, 3.8) is 0 Å². The Labute approximate surface area is 140 Å². The number of hydrazone groups is 1. The number of nitrogens with one attached hydrogen (secondary N) is 1. The molecule has 0 aliphatic carbocycles. The molecule has 2 rings (SSSR count). The number of ether oxygens (including phenoxy) is 2. The molecule has 126 valence electrons. The fourth-order valence-electron chi connectivity index (χ4n) is 1.97. The Morgan fingerprint density at radius 3 is 2.75 bits per heavy atom. The Morgan fingerprint density at radius 2 is 2.04 bits per heavy atom. The average molecular weight is 328 g/mol. The lowest BCUT2D eigenvalue weighted by molar-refractivity contribution is -0.123. The number of benzene rings is 2. The standard InChI is InChI=1S/C18H20N2O4/c1-12-7-8-15(9-13(12)2)24-11-17(21)20-19-10-14-5-4-6-16(23-3)18(14)22/h4-10,22H,11H2,1-3H3,(H,20,21). The molecule has 0 spiro atoms. The van der Waals surface area contributed by atoms with Crippen LogP contribution in [0.2, 0.25) is 0 Å². The van der Waals surface area contributed by atoms with Crippen LogP contribution in [0, 0.1) is 13.8 Å². The maximum absolute atomic E-state index is 11.7. The topological polar surface area (TPSA) is 80.2 Å². The molecule has 0 heterocycles. The zero-order valence-electron chi connectivity index (χ0n) is 13.9. The minimum Gasteiger partial charge on any atom is -0.504 e. The predicted octanol–water partition coefficient (Wildman–Crippen LogP) is 2.55. The van der Waals surface area contributed by atoms with Gasteiger partial charge in [0.15, 0.2) is 18.1 Å². The summed E-state index contributed by atoms with van der Waals surface area (Å²) in [4.78, 5) is 11.7. The molecule has 0 atom stereocenters. The van der Waals surface area contributed by atoms with Crippen LogP contribution in [0.4, 0.5) is 0 Å². The molecule has 2 N–H and O–H groups in total. The molecule has 0 fully saturated rings. The van der Waals surface area contributed by atoms with Crippen molar-refractivity contribution >= 4 is 12.1 Å². The van der Waals surface area contributed by atoms with E-state index in [1.165, 1.54) is 13.3 Å². The van der Waals surface area contributed by atoms with Crippen LogP contribution in [-0.2, 0) is 4.79 Å². The molecular formula is C18H20N2O4. The summed E-state index contributed by atoms with van der Waals surface area (Å²) in [6.07, 6.45) is 1.34. The quantitative estimate of drug-likeness (QED) is 0.631. The summed E-state index contributed by atoms with van der Waals surface area (Å²) in [6.45, 7) is 3.84. The smallest absolute Gasteiger partial charge is 0.277 e. The third-order valence-electron chi connectivity index (χ3n) is 3.49. The number of hydrogen-bond donors (Lipinski definition) is 2. The van der Waals surface area contributed by atoms with Gasteiger partial charge in [0, 0.05) is 5.56 Å². The Balaban J connectivity index is 1.88. The lowest BCUT2D eigenvalue weighted by Crippen LogP contribution is -2.24. The van der Waals surface area contributed by atoms with E-state index in [1.807, 2.05) is 32.0 Å². The van der Waals surface area contributed by atoms with Crippen LogP contribution in [0.3, 0.4) is 0 Å². The molecule has 6 heteroatoms. The highest BCUT2D eigenvalue weighted by Crippen LogP contribution is 2.27. The van der Waals surface area contributed by atoms with Crippen molar-refractivity contribution in [2.24, 2.45) is 5.10 Å². The van der Waals surface area contributed by atoms with E-state index < -0.39 is 5.91 Å². The first-order valence-corrected chi connectivity index (χ1v) is 7.39. The molecule has 0 radical (unpaired) electrons. The van der Waals surface area contributed by atoms with Crippen molar-refractivity contribution in [3.8, 4) is 17.2 Å². The molecule has 0 saturated carbocycles. The van der Waals surface area contributed by atoms with Crippen molar-refractivity contribution < 1.29 is 19.4 Å². The molecule has 0 aromatic heterocycles. The fraction of sp³-hybridized carbons (Fsp3) is 0.222. The minimum atomic E-state index is -0.396. The van der Waals surface area contributed by atoms with Crippen molar-refractivity contribution in [1.29, 1.82) is 0 Å². The number of carbonyl (C=O) groups excluding carboxylic acids is 1. The van der Waals surface area contributed by atoms with E-state index in [4.69, 9.17) is 9.47 Å². The van der Waals surface area contributed by atoms with Gasteiger partial charge in [0.2, 0.25) is 0 Å². The van der Waals surface area contributed by atoms with E-state index in [9.17, 15) is 9.90 Å². The van der Waals surface area contributed by atoms with Gasteiger partial charge < -0.3 is 14.6 Å². The molecule has 24 heavy (non-hydrogen) atoms. The normalized spacial score (nSPS) is 10.6. The van der Waals surface area contributed by atoms with E-state index in [0.717, 1.165) is 11.1 Å². The molecule has 2 aromatic rings. The van der Waals surface area contributed by atoms with Crippen LogP contribution in [0.5, 0.6) is 17.2 Å². The number of hydrogen-bond acceptors (Lipinski definition) is 5. The Kier molecular flexibility index (Phi) is 5.78. The van der Waals surface area contributed by atoms with E-state index in [0.29, 0.717) is 17.1 Å². The number of para-hydroxylation sites is 1. The number of nitrogens with zero attached hydrogens (tertiary/aromatic N) is 1. The first-order valence-electron chi connectivity index (χ1n) is 7.39. The number of carbonyl (C=O) groups is 1. The van der Waals surface area contributed by atoms with E-state index in [-0.39, 0.29) is 12.4 Å². The molecule has 1 amide bonds. The van der Waals surface area contributed by atoms with Gasteiger partial charge in [-0.2, -0.15) is 5.10 Å². The van der Waals surface area contributed by atoms with Crippen molar-refractivity contribution in [2.75, 3.05) is 13.7 Å². The lowest BCUT2D eigenvalue weighted by Gasteiger charge is -2.07. The van der Waals surface area contributed by atoms with Gasteiger partial charge in [0.1, 0.15) is 5.75 Å². The molecule has 0 aliphatic rings. The van der Waals surface area contributed by atoms with Crippen LogP contribution >= 0.6 is 0 Å². The molecule has 2 aromatic carbocycles. The second kappa shape index (κ2) is 8.01. The summed E-state index contributed by atoms with van der Waals surface area (Å²) in [5.74, 6) is 0.530. The van der Waals surface area contributed by atoms with Gasteiger partial charge in [-0.05, 0) is 49.2 Å². The first-order chi connectivity index (χ1) is 11.5. The first kappa shape index (κ1) is 17.3. The minimum absolute atomic E-state index is 0.0376. The van der Waals surface area contributed by atoms with Crippen LogP contribution in [0.15, 0.2) is 41.5 Å². The Morgan fingerprint density at radius 1 is 1.25 bits per heavy atom. The van der Waals surface area contributed by atoms with Gasteiger partial charge in [-0.3, -0.25) is 4.79 Å². The van der Waals surface area contributed by atoms with E-state index in [2.05, 4.69) is 10.5 Å². The van der Waals surface area contributed by atoms with E-state index in [1.54, 1.807) is 18.2 Å². The zero-order chi connectivity index (χ0) is 17.5. The van der Waals surface area contributed by atoms with E-state index >= 15 is 0 Å². The molecule has 0 bridgehead atoms. The lowest BCUT2D eigenvalue weighted by atomic mass is 10.1. The number of rotatable bonds is 6. The SMILES string of the molecule is COc1cccc(C=NNC(=O)COc2ccc(C)c(C)c2)c1O. The van der Waals surface area contributed by atoms with Gasteiger partial charge >= 0.3 is 0 Å². The van der Waals surface area contributed by atoms with Gasteiger partial charge in [-0.25, -0.2) is 5.43 Å². The number of amides is 1. The maximum Gasteiger partial charge on any atom is 0.277 e. The van der Waals surface area contributed by atoms with Gasteiger partial charge in [0.25, 0.3) is 5.91 Å². The number of phenols is 1. The second-order valence-electron chi connectivity index (χ2n) is 5.23. The van der Waals surface area contributed by atoms with Crippen LogP contribution < -0.4 is 14.9 Å². The van der Waals surface area contributed by atoms with Crippen molar-refractivity contribution in [1.82, 2.24) is 5.43 Å². The van der Waals surface area contributed by atoms with Crippen molar-refractivity contribution in [2.45, 2.75) is 13.8 Å². The largest absolute Gasteiger partial charge is 0.504 e. The van der Waals surface area contributed by atoms with Crippen LogP contribution in [-0.4, -0.2) is 30.9 Å². The summed E-state index contributed by atoms with van der Waals surface area (Å²) in [5.41, 5.74) is 5.04. The third-order valence-corrected chi connectivity index (χ3v) is 3.49. The Bertz CT molecular complexity index is 757. The maximum atomic E-state index is 11.7. The highest BCUT2D eigenvalue weighted by molar-refractivity contribution is 5.86. The molecular weight excluding hydrogens is 308 g/mol. The molecule has 0 aliphatic heterocycles. The molecule has 6 nitrogen and oxygen atoms in total. The molecule has 0 unspecified atom stereocenters. The van der Waals surface area contributed by atoms with Crippen LogP contribution in [0.25, 0.3) is 0 Å².